The van der Waals surface area contributed by atoms with E-state index in [0.717, 1.165) is 5.56 Å². The van der Waals surface area contributed by atoms with Crippen LogP contribution in [-0.4, -0.2) is 21.6 Å². The number of carbonyl (C=O) groups excluding carboxylic acids is 1. The summed E-state index contributed by atoms with van der Waals surface area (Å²) in [5.41, 5.74) is 0.979. The third kappa shape index (κ3) is 4.03. The van der Waals surface area contributed by atoms with Crippen LogP contribution in [0.2, 0.25) is 10.0 Å². The van der Waals surface area contributed by atoms with Crippen molar-refractivity contribution in [1.29, 1.82) is 0 Å². The maximum absolute atomic E-state index is 12.0. The predicted molar refractivity (Wildman–Crippen MR) is 94.1 cm³/mol. The number of carboxylic acid groups (broad SMARTS) is 1. The molecule has 2 atom stereocenters. The Morgan fingerprint density at radius 2 is 1.92 bits per heavy atom. The fourth-order valence-electron chi connectivity index (χ4n) is 2.56. The number of amides is 1. The molecule has 0 radical (unpaired) electrons. The monoisotopic (exact) mass is 380 g/mol. The van der Waals surface area contributed by atoms with Crippen molar-refractivity contribution in [1.82, 2.24) is 4.57 Å². The summed E-state index contributed by atoms with van der Waals surface area (Å²) in [4.78, 5) is 34.9. The van der Waals surface area contributed by atoms with Crippen molar-refractivity contribution in [2.45, 2.75) is 13.0 Å². The number of hydrogen-bond donors (Lipinski definition) is 2. The smallest absolute Gasteiger partial charge is 0.307 e. The van der Waals surface area contributed by atoms with Crippen LogP contribution in [0.4, 0.5) is 5.69 Å². The average molecular weight is 381 g/mol. The van der Waals surface area contributed by atoms with E-state index in [1.54, 1.807) is 18.2 Å². The number of carboxylic acids is 1. The van der Waals surface area contributed by atoms with Gasteiger partial charge in [0.05, 0.1) is 34.1 Å². The summed E-state index contributed by atoms with van der Waals surface area (Å²) in [5, 5.41) is 12.4. The minimum atomic E-state index is -0.968. The Labute approximate surface area is 153 Å². The van der Waals surface area contributed by atoms with Crippen LogP contribution in [0.15, 0.2) is 41.3 Å². The largest absolute Gasteiger partial charge is 0.481 e. The van der Waals surface area contributed by atoms with Gasteiger partial charge in [-0.1, -0.05) is 29.3 Å². The van der Waals surface area contributed by atoms with Crippen molar-refractivity contribution in [2.75, 3.05) is 5.32 Å². The second kappa shape index (κ2) is 6.90. The van der Waals surface area contributed by atoms with Crippen molar-refractivity contribution in [3.05, 3.63) is 62.5 Å². The van der Waals surface area contributed by atoms with Gasteiger partial charge < -0.3 is 15.0 Å². The fraction of sp³-hybridized carbons (Fsp3) is 0.235. The molecule has 6 nitrogen and oxygen atoms in total. The Hall–Kier alpha value is -2.31. The molecule has 130 valence electrons. The van der Waals surface area contributed by atoms with Crippen molar-refractivity contribution < 1.29 is 14.7 Å². The fourth-order valence-corrected chi connectivity index (χ4v) is 2.88. The molecule has 0 unspecified atom stereocenters. The molecule has 1 aromatic heterocycles. The lowest BCUT2D eigenvalue weighted by Gasteiger charge is -2.10. The third-order valence-electron chi connectivity index (χ3n) is 4.03. The lowest BCUT2D eigenvalue weighted by Crippen LogP contribution is -2.22. The molecule has 1 aliphatic carbocycles. The second-order valence-electron chi connectivity index (χ2n) is 5.91. The zero-order valence-corrected chi connectivity index (χ0v) is 14.4. The summed E-state index contributed by atoms with van der Waals surface area (Å²) >= 11 is 11.9. The highest BCUT2D eigenvalue weighted by atomic mass is 35.5. The SMILES string of the molecule is O=C(O)[C@H]1C[C@H]1C(=O)Nc1ccc(=O)n(Cc2ccc(Cl)c(Cl)c2)c1. The number of carbonyl (C=O) groups is 2. The van der Waals surface area contributed by atoms with Crippen molar-refractivity contribution >= 4 is 40.8 Å². The van der Waals surface area contributed by atoms with Gasteiger partial charge in [-0.3, -0.25) is 14.4 Å². The van der Waals surface area contributed by atoms with Gasteiger partial charge in [-0.15, -0.1) is 0 Å². The first-order valence-corrected chi connectivity index (χ1v) is 8.29. The van der Waals surface area contributed by atoms with Crippen LogP contribution in [-0.2, 0) is 16.1 Å². The van der Waals surface area contributed by atoms with Gasteiger partial charge in [-0.25, -0.2) is 0 Å². The lowest BCUT2D eigenvalue weighted by atomic mass is 10.2. The van der Waals surface area contributed by atoms with Gasteiger partial charge in [0.25, 0.3) is 5.56 Å². The highest BCUT2D eigenvalue weighted by Crippen LogP contribution is 2.39. The molecule has 1 aliphatic rings. The van der Waals surface area contributed by atoms with E-state index < -0.39 is 17.8 Å². The number of aliphatic carboxylic acids is 1. The number of nitrogens with zero attached hydrogens (tertiary/aromatic N) is 1. The summed E-state index contributed by atoms with van der Waals surface area (Å²) in [6.45, 7) is 0.264. The van der Waals surface area contributed by atoms with Gasteiger partial charge in [0, 0.05) is 12.3 Å². The van der Waals surface area contributed by atoms with E-state index in [4.69, 9.17) is 28.3 Å². The van der Waals surface area contributed by atoms with Crippen molar-refractivity contribution in [2.24, 2.45) is 11.8 Å². The number of rotatable bonds is 5. The predicted octanol–water partition coefficient (Wildman–Crippen LogP) is 2.86. The number of nitrogens with one attached hydrogen (secondary N) is 1. The summed E-state index contributed by atoms with van der Waals surface area (Å²) in [5.74, 6) is -2.47. The van der Waals surface area contributed by atoms with Gasteiger partial charge in [0.15, 0.2) is 0 Å². The summed E-state index contributed by atoms with van der Waals surface area (Å²) < 4.78 is 1.43. The molecule has 0 aliphatic heterocycles. The minimum absolute atomic E-state index is 0.237. The average Bonchev–Trinajstić information content (AvgIpc) is 3.35. The third-order valence-corrected chi connectivity index (χ3v) is 4.77. The number of aromatic nitrogens is 1. The topological polar surface area (TPSA) is 88.4 Å². The summed E-state index contributed by atoms with van der Waals surface area (Å²) in [7, 11) is 0. The Balaban J connectivity index is 1.74. The van der Waals surface area contributed by atoms with E-state index in [1.165, 1.54) is 22.9 Å². The Kier molecular flexibility index (Phi) is 4.83. The van der Waals surface area contributed by atoms with Crippen molar-refractivity contribution in [3.63, 3.8) is 0 Å². The van der Waals surface area contributed by atoms with Crippen molar-refractivity contribution in [3.8, 4) is 0 Å². The van der Waals surface area contributed by atoms with Gasteiger partial charge in [-0.2, -0.15) is 0 Å². The van der Waals surface area contributed by atoms with E-state index in [0.29, 0.717) is 22.2 Å². The molecule has 1 amide bonds. The van der Waals surface area contributed by atoms with Gasteiger partial charge in [0.1, 0.15) is 0 Å². The molecule has 1 fully saturated rings. The maximum atomic E-state index is 12.0. The highest BCUT2D eigenvalue weighted by Gasteiger charge is 2.48. The number of benzene rings is 1. The van der Waals surface area contributed by atoms with Crippen LogP contribution in [0.25, 0.3) is 0 Å². The molecule has 0 saturated heterocycles. The summed E-state index contributed by atoms with van der Waals surface area (Å²) in [6.07, 6.45) is 1.85. The lowest BCUT2D eigenvalue weighted by molar-refractivity contribution is -0.139. The highest BCUT2D eigenvalue weighted by molar-refractivity contribution is 6.42. The normalized spacial score (nSPS) is 18.6. The molecular weight excluding hydrogens is 367 g/mol. The van der Waals surface area contributed by atoms with Crippen LogP contribution in [0.3, 0.4) is 0 Å². The Morgan fingerprint density at radius 3 is 2.56 bits per heavy atom. The minimum Gasteiger partial charge on any atom is -0.481 e. The van der Waals surface area contributed by atoms with Crippen LogP contribution in [0, 0.1) is 11.8 Å². The Bertz CT molecular complexity index is 910. The zero-order chi connectivity index (χ0) is 18.1. The first-order chi connectivity index (χ1) is 11.8. The van der Waals surface area contributed by atoms with E-state index >= 15 is 0 Å². The first-order valence-electron chi connectivity index (χ1n) is 7.53. The van der Waals surface area contributed by atoms with E-state index in [-0.39, 0.29) is 18.0 Å². The standard InChI is InChI=1S/C17H14Cl2N2O4/c18-13-3-1-9(5-14(13)19)7-21-8-10(2-4-15(21)22)20-16(23)11-6-12(11)17(24)25/h1-5,8,11-12H,6-7H2,(H,20,23)(H,24,25)/t11-,12+/m1/s1. The molecule has 0 bridgehead atoms. The molecule has 25 heavy (non-hydrogen) atoms. The summed E-state index contributed by atoms with van der Waals surface area (Å²) in [6, 6.07) is 7.91. The number of hydrogen-bond acceptors (Lipinski definition) is 3. The molecule has 1 heterocycles. The maximum Gasteiger partial charge on any atom is 0.307 e. The van der Waals surface area contributed by atoms with Gasteiger partial charge >= 0.3 is 5.97 Å². The number of halogens is 2. The molecule has 1 aromatic carbocycles. The number of anilines is 1. The molecule has 2 N–H and O–H groups in total. The van der Waals surface area contributed by atoms with Gasteiger partial charge in [-0.05, 0) is 30.2 Å². The molecular formula is C17H14Cl2N2O4. The van der Waals surface area contributed by atoms with Crippen LogP contribution >= 0.6 is 23.2 Å². The molecule has 2 aromatic rings. The van der Waals surface area contributed by atoms with E-state index in [1.807, 2.05) is 0 Å². The van der Waals surface area contributed by atoms with E-state index in [9.17, 15) is 14.4 Å². The van der Waals surface area contributed by atoms with Crippen LogP contribution < -0.4 is 10.9 Å². The first kappa shape index (κ1) is 17.5. The van der Waals surface area contributed by atoms with Crippen LogP contribution in [0.5, 0.6) is 0 Å². The quantitative estimate of drug-likeness (QED) is 0.834. The van der Waals surface area contributed by atoms with Crippen LogP contribution in [0.1, 0.15) is 12.0 Å². The molecule has 8 heteroatoms. The molecule has 1 saturated carbocycles. The molecule has 3 rings (SSSR count). The second-order valence-corrected chi connectivity index (χ2v) is 6.72. The number of pyridine rings is 1. The molecule has 0 spiro atoms. The van der Waals surface area contributed by atoms with Gasteiger partial charge in [0.2, 0.25) is 5.91 Å². The van der Waals surface area contributed by atoms with E-state index in [2.05, 4.69) is 5.32 Å². The Morgan fingerprint density at radius 1 is 1.16 bits per heavy atom. The zero-order valence-electron chi connectivity index (χ0n) is 12.9.